The van der Waals surface area contributed by atoms with Gasteiger partial charge in [-0.25, -0.2) is 9.37 Å². The Kier molecular flexibility index (Phi) is 2.60. The fourth-order valence-corrected chi connectivity index (χ4v) is 2.56. The Hall–Kier alpha value is -2.88. The third-order valence-corrected chi connectivity index (χ3v) is 3.55. The van der Waals surface area contributed by atoms with Crippen LogP contribution in [0.3, 0.4) is 0 Å². The number of hydrogen-bond donors (Lipinski definition) is 0. The molecular formula is C17H11FN3+. The van der Waals surface area contributed by atoms with E-state index in [0.717, 1.165) is 27.5 Å². The highest BCUT2D eigenvalue weighted by atomic mass is 19.1. The number of fused-ring (bicyclic) bond motifs is 3. The Bertz CT molecular complexity index is 949. The van der Waals surface area contributed by atoms with Crippen LogP contribution in [0.1, 0.15) is 0 Å². The summed E-state index contributed by atoms with van der Waals surface area (Å²) >= 11 is 0. The lowest BCUT2D eigenvalue weighted by molar-refractivity contribution is -0.580. The van der Waals surface area contributed by atoms with Gasteiger partial charge in [-0.3, -0.25) is 0 Å². The second-order valence-corrected chi connectivity index (χ2v) is 4.81. The van der Waals surface area contributed by atoms with Gasteiger partial charge in [0.15, 0.2) is 6.33 Å². The largest absolute Gasteiger partial charge is 0.272 e. The first kappa shape index (κ1) is 11.9. The summed E-state index contributed by atoms with van der Waals surface area (Å²) in [6.45, 7) is 0. The van der Waals surface area contributed by atoms with Crippen LogP contribution in [-0.2, 0) is 0 Å². The van der Waals surface area contributed by atoms with Crippen molar-refractivity contribution in [3.05, 3.63) is 72.9 Å². The van der Waals surface area contributed by atoms with E-state index in [4.69, 9.17) is 0 Å². The van der Waals surface area contributed by atoms with Gasteiger partial charge < -0.3 is 0 Å². The lowest BCUT2D eigenvalue weighted by Gasteiger charge is -2.02. The molecule has 0 aliphatic heterocycles. The summed E-state index contributed by atoms with van der Waals surface area (Å²) in [5.74, 6) is -0.255. The van der Waals surface area contributed by atoms with E-state index in [1.54, 1.807) is 16.6 Å². The highest BCUT2D eigenvalue weighted by molar-refractivity contribution is 5.99. The number of halogens is 1. The van der Waals surface area contributed by atoms with Crippen molar-refractivity contribution in [1.29, 1.82) is 0 Å². The molecule has 0 aliphatic carbocycles. The van der Waals surface area contributed by atoms with Crippen molar-refractivity contribution in [2.45, 2.75) is 0 Å². The van der Waals surface area contributed by atoms with Crippen molar-refractivity contribution in [1.82, 2.24) is 10.1 Å². The smallest absolute Gasteiger partial charge is 0.223 e. The van der Waals surface area contributed by atoms with Gasteiger partial charge in [0.2, 0.25) is 6.20 Å². The summed E-state index contributed by atoms with van der Waals surface area (Å²) in [4.78, 5) is 4.40. The summed E-state index contributed by atoms with van der Waals surface area (Å²) in [6.07, 6.45) is 3.42. The van der Waals surface area contributed by atoms with Gasteiger partial charge in [0.05, 0.1) is 5.39 Å². The van der Waals surface area contributed by atoms with Crippen molar-refractivity contribution in [2.75, 3.05) is 0 Å². The quantitative estimate of drug-likeness (QED) is 0.395. The molecule has 100 valence electrons. The highest BCUT2D eigenvalue weighted by Crippen LogP contribution is 2.25. The van der Waals surface area contributed by atoms with Gasteiger partial charge >= 0.3 is 0 Å². The van der Waals surface area contributed by atoms with Crippen molar-refractivity contribution < 1.29 is 8.91 Å². The molecule has 2 heterocycles. The predicted molar refractivity (Wildman–Crippen MR) is 78.1 cm³/mol. The molecule has 2 aromatic heterocycles. The van der Waals surface area contributed by atoms with E-state index in [2.05, 4.69) is 16.1 Å². The van der Waals surface area contributed by atoms with Crippen LogP contribution in [0.4, 0.5) is 4.39 Å². The molecule has 0 radical (unpaired) electrons. The van der Waals surface area contributed by atoms with Crippen molar-refractivity contribution in [2.24, 2.45) is 0 Å². The van der Waals surface area contributed by atoms with E-state index < -0.39 is 0 Å². The molecule has 4 rings (SSSR count). The first-order chi connectivity index (χ1) is 10.3. The molecule has 0 saturated heterocycles. The van der Waals surface area contributed by atoms with Crippen LogP contribution in [0, 0.1) is 5.82 Å². The van der Waals surface area contributed by atoms with Crippen molar-refractivity contribution in [3.63, 3.8) is 0 Å². The van der Waals surface area contributed by atoms with Crippen LogP contribution in [0.5, 0.6) is 0 Å². The van der Waals surface area contributed by atoms with Crippen molar-refractivity contribution in [3.8, 4) is 11.3 Å². The maximum absolute atomic E-state index is 13.1. The number of benzene rings is 2. The van der Waals surface area contributed by atoms with E-state index in [1.165, 1.54) is 18.5 Å². The monoisotopic (exact) mass is 276 g/mol. The van der Waals surface area contributed by atoms with E-state index in [1.807, 2.05) is 30.5 Å². The average Bonchev–Trinajstić information content (AvgIpc) is 2.55. The van der Waals surface area contributed by atoms with E-state index in [-0.39, 0.29) is 5.82 Å². The molecule has 0 N–H and O–H groups in total. The molecule has 0 atom stereocenters. The summed E-state index contributed by atoms with van der Waals surface area (Å²) in [5, 5.41) is 6.46. The molecule has 0 bridgehead atoms. The Labute approximate surface area is 120 Å². The van der Waals surface area contributed by atoms with Gasteiger partial charge in [-0.1, -0.05) is 18.2 Å². The van der Waals surface area contributed by atoms with E-state index >= 15 is 0 Å². The average molecular weight is 276 g/mol. The minimum atomic E-state index is -0.255. The lowest BCUT2D eigenvalue weighted by Crippen LogP contribution is -2.27. The zero-order chi connectivity index (χ0) is 14.2. The lowest BCUT2D eigenvalue weighted by atomic mass is 10.1. The van der Waals surface area contributed by atoms with Crippen molar-refractivity contribution >= 4 is 16.3 Å². The van der Waals surface area contributed by atoms with Gasteiger partial charge in [0.25, 0.3) is 5.52 Å². The predicted octanol–water partition coefficient (Wildman–Crippen LogP) is 3.17. The maximum Gasteiger partial charge on any atom is 0.272 e. The molecule has 4 heteroatoms. The number of nitrogens with zero attached hydrogens (tertiary/aromatic N) is 3. The number of aromatic nitrogens is 3. The van der Waals surface area contributed by atoms with Gasteiger partial charge in [0, 0.05) is 16.7 Å². The van der Waals surface area contributed by atoms with Gasteiger partial charge in [-0.2, -0.15) is 0 Å². The second-order valence-electron chi connectivity index (χ2n) is 4.81. The minimum absolute atomic E-state index is 0.255. The SMILES string of the molecule is Fc1ccc(-c2ncn[n+]3ccc4ccccc4c23)cc1. The van der Waals surface area contributed by atoms with E-state index in [0.29, 0.717) is 0 Å². The summed E-state index contributed by atoms with van der Waals surface area (Å²) in [6, 6.07) is 16.5. The topological polar surface area (TPSA) is 29.9 Å². The molecule has 0 saturated carbocycles. The third kappa shape index (κ3) is 1.92. The Morgan fingerprint density at radius 3 is 2.57 bits per heavy atom. The second kappa shape index (κ2) is 4.59. The van der Waals surface area contributed by atoms with Crippen LogP contribution >= 0.6 is 0 Å². The molecule has 0 aliphatic rings. The van der Waals surface area contributed by atoms with Gasteiger partial charge in [0.1, 0.15) is 11.5 Å². The van der Waals surface area contributed by atoms with E-state index in [9.17, 15) is 4.39 Å². The molecule has 0 spiro atoms. The van der Waals surface area contributed by atoms with Gasteiger partial charge in [-0.15, -0.1) is 0 Å². The Balaban J connectivity index is 2.13. The maximum atomic E-state index is 13.1. The fourth-order valence-electron chi connectivity index (χ4n) is 2.56. The van der Waals surface area contributed by atoms with Crippen LogP contribution in [0.25, 0.3) is 27.5 Å². The Morgan fingerprint density at radius 1 is 0.905 bits per heavy atom. The standard InChI is InChI=1S/C17H11FN3/c18-14-7-5-13(6-8-14)16-17-15-4-2-1-3-12(15)9-10-21(17)20-11-19-16/h1-11H/q+1. The number of hydrogen-bond acceptors (Lipinski definition) is 2. The first-order valence-corrected chi connectivity index (χ1v) is 6.63. The summed E-state index contributed by atoms with van der Waals surface area (Å²) < 4.78 is 14.9. The minimum Gasteiger partial charge on any atom is -0.223 e. The van der Waals surface area contributed by atoms with Crippen LogP contribution < -0.4 is 4.52 Å². The number of rotatable bonds is 1. The molecule has 0 fully saturated rings. The molecule has 3 nitrogen and oxygen atoms in total. The first-order valence-electron chi connectivity index (χ1n) is 6.63. The highest BCUT2D eigenvalue weighted by Gasteiger charge is 2.16. The molecule has 0 unspecified atom stereocenters. The summed E-state index contributed by atoms with van der Waals surface area (Å²) in [5.41, 5.74) is 2.58. The van der Waals surface area contributed by atoms with Crippen LogP contribution in [0.15, 0.2) is 67.1 Å². The fraction of sp³-hybridized carbons (Fsp3) is 0. The number of pyridine rings is 1. The molecular weight excluding hydrogens is 265 g/mol. The van der Waals surface area contributed by atoms with Crippen LogP contribution in [-0.4, -0.2) is 10.1 Å². The molecule has 21 heavy (non-hydrogen) atoms. The molecule has 4 aromatic rings. The summed E-state index contributed by atoms with van der Waals surface area (Å²) in [7, 11) is 0. The van der Waals surface area contributed by atoms with Gasteiger partial charge in [-0.05, 0) is 40.2 Å². The zero-order valence-corrected chi connectivity index (χ0v) is 11.1. The zero-order valence-electron chi connectivity index (χ0n) is 11.1. The molecule has 0 amide bonds. The van der Waals surface area contributed by atoms with Crippen LogP contribution in [0.2, 0.25) is 0 Å². The third-order valence-electron chi connectivity index (χ3n) is 3.55. The Morgan fingerprint density at radius 2 is 1.71 bits per heavy atom. The normalized spacial score (nSPS) is 11.1. The molecule has 2 aromatic carbocycles.